The number of hydrogen-bond donors (Lipinski definition) is 2. The second kappa shape index (κ2) is 4.20. The lowest BCUT2D eigenvalue weighted by molar-refractivity contribution is 0.477. The van der Waals surface area contributed by atoms with Crippen LogP contribution in [-0.2, 0) is 0 Å². The molecule has 1 aromatic heterocycles. The molecule has 0 spiro atoms. The molecule has 1 atom stereocenters. The van der Waals surface area contributed by atoms with Gasteiger partial charge in [-0.25, -0.2) is 4.79 Å². The molecule has 0 saturated carbocycles. The van der Waals surface area contributed by atoms with Gasteiger partial charge in [-0.1, -0.05) is 6.07 Å². The third-order valence-electron chi connectivity index (χ3n) is 3.21. The molecule has 5 nitrogen and oxygen atoms in total. The molecule has 2 aromatic rings. The van der Waals surface area contributed by atoms with Crippen LogP contribution >= 0.6 is 11.8 Å². The van der Waals surface area contributed by atoms with Crippen LogP contribution in [0.2, 0.25) is 0 Å². The molecule has 1 fully saturated rings. The van der Waals surface area contributed by atoms with Crippen molar-refractivity contribution in [2.24, 2.45) is 0 Å². The Bertz CT molecular complexity index is 713. The summed E-state index contributed by atoms with van der Waals surface area (Å²) in [4.78, 5) is 27.0. The first-order chi connectivity index (χ1) is 8.68. The fourth-order valence-electron chi connectivity index (χ4n) is 2.31. The predicted molar refractivity (Wildman–Crippen MR) is 71.5 cm³/mol. The van der Waals surface area contributed by atoms with Crippen molar-refractivity contribution in [3.8, 4) is 5.75 Å². The number of aromatic amines is 1. The second-order valence-electron chi connectivity index (χ2n) is 4.32. The molecule has 1 aliphatic rings. The minimum absolute atomic E-state index is 0.0738. The summed E-state index contributed by atoms with van der Waals surface area (Å²) in [6, 6.07) is 4.60. The standard InChI is InChI=1S/C12H12N2O3S/c15-9-3-1-2-8-10(9)11(16)14(12(17)13-8)7-4-5-18-6-7/h1-3,7,15H,4-6H2,(H,13,17). The number of aromatic nitrogens is 2. The number of phenols is 1. The summed E-state index contributed by atoms with van der Waals surface area (Å²) in [6.45, 7) is 0. The number of nitrogens with one attached hydrogen (secondary N) is 1. The van der Waals surface area contributed by atoms with Gasteiger partial charge in [0.05, 0.1) is 11.6 Å². The number of H-pyrrole nitrogens is 1. The van der Waals surface area contributed by atoms with E-state index in [-0.39, 0.29) is 17.2 Å². The van der Waals surface area contributed by atoms with Crippen molar-refractivity contribution in [1.29, 1.82) is 0 Å². The number of thioether (sulfide) groups is 1. The zero-order chi connectivity index (χ0) is 12.7. The van der Waals surface area contributed by atoms with E-state index in [0.717, 1.165) is 17.9 Å². The van der Waals surface area contributed by atoms with Gasteiger partial charge in [0.15, 0.2) is 0 Å². The molecule has 1 saturated heterocycles. The largest absolute Gasteiger partial charge is 0.507 e. The summed E-state index contributed by atoms with van der Waals surface area (Å²) in [5.74, 6) is 1.63. The van der Waals surface area contributed by atoms with Gasteiger partial charge in [0.1, 0.15) is 11.1 Å². The Morgan fingerprint density at radius 3 is 2.94 bits per heavy atom. The lowest BCUT2D eigenvalue weighted by Gasteiger charge is -2.12. The summed E-state index contributed by atoms with van der Waals surface area (Å²) in [6.07, 6.45) is 0.812. The summed E-state index contributed by atoms with van der Waals surface area (Å²) >= 11 is 1.73. The zero-order valence-electron chi connectivity index (χ0n) is 9.55. The summed E-state index contributed by atoms with van der Waals surface area (Å²) < 4.78 is 1.24. The number of nitrogens with zero attached hydrogens (tertiary/aromatic N) is 1. The van der Waals surface area contributed by atoms with Crippen molar-refractivity contribution in [3.05, 3.63) is 39.0 Å². The van der Waals surface area contributed by atoms with E-state index in [1.54, 1.807) is 23.9 Å². The minimum Gasteiger partial charge on any atom is -0.507 e. The Kier molecular flexibility index (Phi) is 2.66. The number of hydrogen-bond acceptors (Lipinski definition) is 4. The molecular formula is C12H12N2O3S. The highest BCUT2D eigenvalue weighted by Gasteiger charge is 2.22. The van der Waals surface area contributed by atoms with E-state index < -0.39 is 11.2 Å². The molecule has 1 aliphatic heterocycles. The molecule has 2 heterocycles. The van der Waals surface area contributed by atoms with E-state index in [1.165, 1.54) is 10.6 Å². The number of aromatic hydroxyl groups is 1. The van der Waals surface area contributed by atoms with Crippen LogP contribution in [0, 0.1) is 0 Å². The smallest absolute Gasteiger partial charge is 0.329 e. The van der Waals surface area contributed by atoms with Crippen molar-refractivity contribution < 1.29 is 5.11 Å². The third-order valence-corrected chi connectivity index (χ3v) is 4.35. The van der Waals surface area contributed by atoms with Crippen LogP contribution < -0.4 is 11.2 Å². The van der Waals surface area contributed by atoms with Crippen LogP contribution in [0.3, 0.4) is 0 Å². The molecule has 0 bridgehead atoms. The Hall–Kier alpha value is -1.69. The maximum absolute atomic E-state index is 12.3. The molecule has 0 radical (unpaired) electrons. The molecule has 18 heavy (non-hydrogen) atoms. The maximum Gasteiger partial charge on any atom is 0.329 e. The summed E-state index contributed by atoms with van der Waals surface area (Å²) in [5, 5.41) is 9.96. The fourth-order valence-corrected chi connectivity index (χ4v) is 3.51. The fraction of sp³-hybridized carbons (Fsp3) is 0.333. The molecule has 6 heteroatoms. The van der Waals surface area contributed by atoms with Crippen LogP contribution in [0.25, 0.3) is 10.9 Å². The van der Waals surface area contributed by atoms with E-state index in [1.807, 2.05) is 0 Å². The Balaban J connectivity index is 2.36. The van der Waals surface area contributed by atoms with Crippen LogP contribution in [0.1, 0.15) is 12.5 Å². The van der Waals surface area contributed by atoms with Crippen LogP contribution in [0.15, 0.2) is 27.8 Å². The molecule has 3 rings (SSSR count). The third kappa shape index (κ3) is 1.64. The second-order valence-corrected chi connectivity index (χ2v) is 5.47. The summed E-state index contributed by atoms with van der Waals surface area (Å²) in [7, 11) is 0. The van der Waals surface area contributed by atoms with E-state index in [4.69, 9.17) is 0 Å². The molecule has 1 aromatic carbocycles. The number of benzene rings is 1. The van der Waals surface area contributed by atoms with Crippen molar-refractivity contribution in [3.63, 3.8) is 0 Å². The van der Waals surface area contributed by atoms with Crippen molar-refractivity contribution in [2.45, 2.75) is 12.5 Å². The highest BCUT2D eigenvalue weighted by molar-refractivity contribution is 7.99. The first-order valence-electron chi connectivity index (χ1n) is 5.73. The van der Waals surface area contributed by atoms with E-state index >= 15 is 0 Å². The van der Waals surface area contributed by atoms with Gasteiger partial charge >= 0.3 is 5.69 Å². The topological polar surface area (TPSA) is 75.1 Å². The van der Waals surface area contributed by atoms with E-state index in [2.05, 4.69) is 4.98 Å². The lowest BCUT2D eigenvalue weighted by Crippen LogP contribution is -2.38. The van der Waals surface area contributed by atoms with Gasteiger partial charge in [-0.05, 0) is 24.3 Å². The van der Waals surface area contributed by atoms with Gasteiger partial charge in [0.25, 0.3) is 5.56 Å². The minimum atomic E-state index is -0.403. The van der Waals surface area contributed by atoms with Gasteiger partial charge in [-0.2, -0.15) is 11.8 Å². The molecule has 1 unspecified atom stereocenters. The Morgan fingerprint density at radius 2 is 2.22 bits per heavy atom. The number of rotatable bonds is 1. The molecule has 94 valence electrons. The highest BCUT2D eigenvalue weighted by Crippen LogP contribution is 2.26. The quantitative estimate of drug-likeness (QED) is 0.808. The molecule has 0 amide bonds. The van der Waals surface area contributed by atoms with Gasteiger partial charge in [-0.3, -0.25) is 9.36 Å². The summed E-state index contributed by atoms with van der Waals surface area (Å²) in [5.41, 5.74) is -0.420. The maximum atomic E-state index is 12.3. The van der Waals surface area contributed by atoms with Crippen molar-refractivity contribution in [2.75, 3.05) is 11.5 Å². The van der Waals surface area contributed by atoms with E-state index in [9.17, 15) is 14.7 Å². The molecule has 2 N–H and O–H groups in total. The normalized spacial score (nSPS) is 19.4. The van der Waals surface area contributed by atoms with Crippen LogP contribution in [0.5, 0.6) is 5.75 Å². The monoisotopic (exact) mass is 264 g/mol. The van der Waals surface area contributed by atoms with Gasteiger partial charge in [0.2, 0.25) is 0 Å². The first-order valence-corrected chi connectivity index (χ1v) is 6.88. The van der Waals surface area contributed by atoms with Gasteiger partial charge in [-0.15, -0.1) is 0 Å². The van der Waals surface area contributed by atoms with Gasteiger partial charge in [0, 0.05) is 5.75 Å². The highest BCUT2D eigenvalue weighted by atomic mass is 32.2. The number of fused-ring (bicyclic) bond motifs is 1. The van der Waals surface area contributed by atoms with E-state index in [0.29, 0.717) is 5.52 Å². The van der Waals surface area contributed by atoms with Crippen LogP contribution in [-0.4, -0.2) is 26.2 Å². The zero-order valence-corrected chi connectivity index (χ0v) is 10.4. The average molecular weight is 264 g/mol. The SMILES string of the molecule is O=c1[nH]c2cccc(O)c2c(=O)n1C1CCSC1. The predicted octanol–water partition coefficient (Wildman–Crippen LogP) is 1.07. The number of phenolic OH excluding ortho intramolecular Hbond substituents is 1. The molecule has 0 aliphatic carbocycles. The Morgan fingerprint density at radius 1 is 1.39 bits per heavy atom. The van der Waals surface area contributed by atoms with Gasteiger partial charge < -0.3 is 10.1 Å². The lowest BCUT2D eigenvalue weighted by atomic mass is 10.2. The average Bonchev–Trinajstić information content (AvgIpc) is 2.82. The first kappa shape index (κ1) is 11.4. The molecular weight excluding hydrogens is 252 g/mol. The van der Waals surface area contributed by atoms with Crippen LogP contribution in [0.4, 0.5) is 0 Å². The van der Waals surface area contributed by atoms with Crippen molar-refractivity contribution in [1.82, 2.24) is 9.55 Å². The van der Waals surface area contributed by atoms with Crippen molar-refractivity contribution >= 4 is 22.7 Å². The Labute approximate surface area is 106 Å².